The maximum atomic E-state index is 11.9. The number of hydrogen-bond acceptors (Lipinski definition) is 3. The predicted molar refractivity (Wildman–Crippen MR) is 64.7 cm³/mol. The molecule has 90 valence electrons. The van der Waals surface area contributed by atoms with E-state index in [1.54, 1.807) is 18.1 Å². The predicted octanol–water partition coefficient (Wildman–Crippen LogP) is 1.98. The minimum Gasteiger partial charge on any atom is -0.339 e. The molecule has 1 atom stereocenters. The first-order chi connectivity index (χ1) is 8.19. The van der Waals surface area contributed by atoms with Crippen LogP contribution in [-0.4, -0.2) is 22.8 Å². The third-order valence-corrected chi connectivity index (χ3v) is 2.53. The summed E-state index contributed by atoms with van der Waals surface area (Å²) < 4.78 is 0. The molecule has 0 aliphatic carbocycles. The molecule has 0 radical (unpaired) electrons. The van der Waals surface area contributed by atoms with E-state index in [0.717, 1.165) is 12.1 Å². The Kier molecular flexibility index (Phi) is 5.15. The first-order valence-corrected chi connectivity index (χ1v) is 5.73. The number of pyridine rings is 1. The Bertz CT molecular complexity index is 397. The molecular formula is C13H17N3O. The van der Waals surface area contributed by atoms with Crippen LogP contribution in [0.5, 0.6) is 0 Å². The van der Waals surface area contributed by atoms with Gasteiger partial charge < -0.3 is 4.90 Å². The molecule has 0 aliphatic heterocycles. The summed E-state index contributed by atoms with van der Waals surface area (Å²) in [6.45, 7) is 2.41. The highest BCUT2D eigenvalue weighted by Gasteiger charge is 2.20. The van der Waals surface area contributed by atoms with Gasteiger partial charge in [0.05, 0.1) is 18.3 Å². The van der Waals surface area contributed by atoms with Gasteiger partial charge in [-0.2, -0.15) is 5.26 Å². The van der Waals surface area contributed by atoms with Gasteiger partial charge in [0, 0.05) is 13.2 Å². The van der Waals surface area contributed by atoms with Gasteiger partial charge in [-0.15, -0.1) is 0 Å². The fraction of sp³-hybridized carbons (Fsp3) is 0.462. The summed E-state index contributed by atoms with van der Waals surface area (Å²) in [6, 6.07) is 7.64. The van der Waals surface area contributed by atoms with Gasteiger partial charge in [-0.1, -0.05) is 19.4 Å². The van der Waals surface area contributed by atoms with Gasteiger partial charge in [0.1, 0.15) is 5.92 Å². The van der Waals surface area contributed by atoms with Gasteiger partial charge in [0.25, 0.3) is 0 Å². The van der Waals surface area contributed by atoms with Crippen molar-refractivity contribution in [2.24, 2.45) is 5.92 Å². The highest BCUT2D eigenvalue weighted by Crippen LogP contribution is 2.10. The molecule has 1 rings (SSSR count). The van der Waals surface area contributed by atoms with Crippen molar-refractivity contribution in [1.82, 2.24) is 9.88 Å². The van der Waals surface area contributed by atoms with Crippen molar-refractivity contribution >= 4 is 5.91 Å². The van der Waals surface area contributed by atoms with Gasteiger partial charge in [0.15, 0.2) is 0 Å². The zero-order valence-electron chi connectivity index (χ0n) is 10.3. The van der Waals surface area contributed by atoms with Crippen LogP contribution in [0.2, 0.25) is 0 Å². The van der Waals surface area contributed by atoms with Crippen molar-refractivity contribution in [2.75, 3.05) is 7.05 Å². The SMILES string of the molecule is CCCC(C#N)C(=O)N(C)Cc1ccccn1. The largest absolute Gasteiger partial charge is 0.339 e. The summed E-state index contributed by atoms with van der Waals surface area (Å²) in [7, 11) is 1.71. The lowest BCUT2D eigenvalue weighted by atomic mass is 10.0. The minimum atomic E-state index is -0.534. The molecule has 0 aromatic carbocycles. The fourth-order valence-electron chi connectivity index (χ4n) is 1.61. The third-order valence-electron chi connectivity index (χ3n) is 2.53. The molecule has 0 aliphatic rings. The lowest BCUT2D eigenvalue weighted by Crippen LogP contribution is -2.32. The van der Waals surface area contributed by atoms with Gasteiger partial charge >= 0.3 is 0 Å². The van der Waals surface area contributed by atoms with Crippen LogP contribution in [0.4, 0.5) is 0 Å². The van der Waals surface area contributed by atoms with E-state index in [1.165, 1.54) is 0 Å². The summed E-state index contributed by atoms with van der Waals surface area (Å²) in [5, 5.41) is 8.93. The minimum absolute atomic E-state index is 0.125. The summed E-state index contributed by atoms with van der Waals surface area (Å²) in [5.74, 6) is -0.659. The maximum Gasteiger partial charge on any atom is 0.240 e. The van der Waals surface area contributed by atoms with Crippen molar-refractivity contribution in [1.29, 1.82) is 5.26 Å². The molecule has 4 nitrogen and oxygen atoms in total. The molecule has 1 amide bonds. The van der Waals surface area contributed by atoms with Crippen LogP contribution in [0.25, 0.3) is 0 Å². The molecule has 17 heavy (non-hydrogen) atoms. The van der Waals surface area contributed by atoms with E-state index in [-0.39, 0.29) is 5.91 Å². The molecule has 0 N–H and O–H groups in total. The normalized spacial score (nSPS) is 11.6. The Morgan fingerprint density at radius 3 is 2.88 bits per heavy atom. The van der Waals surface area contributed by atoms with Crippen LogP contribution in [0, 0.1) is 17.2 Å². The molecule has 0 saturated carbocycles. The standard InChI is InChI=1S/C13H17N3O/c1-3-6-11(9-14)13(17)16(2)10-12-7-4-5-8-15-12/h4-5,7-8,11H,3,6,10H2,1-2H3. The Morgan fingerprint density at radius 1 is 1.59 bits per heavy atom. The number of amides is 1. The average Bonchev–Trinajstić information content (AvgIpc) is 2.36. The van der Waals surface area contributed by atoms with E-state index in [1.807, 2.05) is 25.1 Å². The molecule has 1 unspecified atom stereocenters. The second-order valence-corrected chi connectivity index (χ2v) is 3.99. The zero-order chi connectivity index (χ0) is 12.7. The fourth-order valence-corrected chi connectivity index (χ4v) is 1.61. The Morgan fingerprint density at radius 2 is 2.35 bits per heavy atom. The van der Waals surface area contributed by atoms with Gasteiger partial charge in [-0.05, 0) is 18.6 Å². The Hall–Kier alpha value is -1.89. The van der Waals surface area contributed by atoms with Crippen LogP contribution in [0.15, 0.2) is 24.4 Å². The maximum absolute atomic E-state index is 11.9. The lowest BCUT2D eigenvalue weighted by Gasteiger charge is -2.19. The van der Waals surface area contributed by atoms with E-state index in [9.17, 15) is 4.79 Å². The van der Waals surface area contributed by atoms with Crippen molar-refractivity contribution < 1.29 is 4.79 Å². The summed E-state index contributed by atoms with van der Waals surface area (Å²) in [6.07, 6.45) is 3.14. The Labute approximate surface area is 102 Å². The lowest BCUT2D eigenvalue weighted by molar-refractivity contribution is -0.133. The van der Waals surface area contributed by atoms with Crippen molar-refractivity contribution in [3.05, 3.63) is 30.1 Å². The highest BCUT2D eigenvalue weighted by atomic mass is 16.2. The summed E-state index contributed by atoms with van der Waals surface area (Å²) >= 11 is 0. The number of nitriles is 1. The summed E-state index contributed by atoms with van der Waals surface area (Å²) in [5.41, 5.74) is 0.830. The molecule has 0 fully saturated rings. The molecule has 0 saturated heterocycles. The van der Waals surface area contributed by atoms with Gasteiger partial charge in [0.2, 0.25) is 5.91 Å². The van der Waals surface area contributed by atoms with Crippen molar-refractivity contribution in [2.45, 2.75) is 26.3 Å². The van der Waals surface area contributed by atoms with Gasteiger partial charge in [-0.25, -0.2) is 0 Å². The number of hydrogen-bond donors (Lipinski definition) is 0. The molecule has 1 aromatic rings. The van der Waals surface area contributed by atoms with Gasteiger partial charge in [-0.3, -0.25) is 9.78 Å². The first-order valence-electron chi connectivity index (χ1n) is 5.73. The number of nitrogens with zero attached hydrogens (tertiary/aromatic N) is 3. The molecule has 4 heteroatoms. The first kappa shape index (κ1) is 13.2. The van der Waals surface area contributed by atoms with Crippen LogP contribution < -0.4 is 0 Å². The quantitative estimate of drug-likeness (QED) is 0.778. The van der Waals surface area contributed by atoms with Crippen molar-refractivity contribution in [3.63, 3.8) is 0 Å². The number of carbonyl (C=O) groups excluding carboxylic acids is 1. The van der Waals surface area contributed by atoms with E-state index in [2.05, 4.69) is 11.1 Å². The van der Waals surface area contributed by atoms with E-state index in [4.69, 9.17) is 5.26 Å². The second kappa shape index (κ2) is 6.64. The average molecular weight is 231 g/mol. The van der Waals surface area contributed by atoms with E-state index < -0.39 is 5.92 Å². The van der Waals surface area contributed by atoms with E-state index in [0.29, 0.717) is 13.0 Å². The number of rotatable bonds is 5. The highest BCUT2D eigenvalue weighted by molar-refractivity contribution is 5.80. The van der Waals surface area contributed by atoms with Crippen LogP contribution in [0.3, 0.4) is 0 Å². The molecular weight excluding hydrogens is 214 g/mol. The smallest absolute Gasteiger partial charge is 0.240 e. The van der Waals surface area contributed by atoms with Crippen LogP contribution in [-0.2, 0) is 11.3 Å². The topological polar surface area (TPSA) is 57.0 Å². The monoisotopic (exact) mass is 231 g/mol. The second-order valence-electron chi connectivity index (χ2n) is 3.99. The van der Waals surface area contributed by atoms with E-state index >= 15 is 0 Å². The molecule has 1 heterocycles. The molecule has 1 aromatic heterocycles. The number of aromatic nitrogens is 1. The third kappa shape index (κ3) is 3.87. The molecule has 0 spiro atoms. The van der Waals surface area contributed by atoms with Crippen LogP contribution in [0.1, 0.15) is 25.5 Å². The number of carbonyl (C=O) groups is 1. The van der Waals surface area contributed by atoms with Crippen LogP contribution >= 0.6 is 0 Å². The zero-order valence-corrected chi connectivity index (χ0v) is 10.3. The summed E-state index contributed by atoms with van der Waals surface area (Å²) in [4.78, 5) is 17.7. The van der Waals surface area contributed by atoms with Crippen molar-refractivity contribution in [3.8, 4) is 6.07 Å². The molecule has 0 bridgehead atoms. The Balaban J connectivity index is 2.61.